The Morgan fingerprint density at radius 1 is 1.18 bits per heavy atom. The predicted molar refractivity (Wildman–Crippen MR) is 126 cm³/mol. The first kappa shape index (κ1) is 22.5. The first-order chi connectivity index (χ1) is 13.0. The van der Waals surface area contributed by atoms with Crippen molar-refractivity contribution >= 4 is 35.6 Å². The molecule has 5 nitrogen and oxygen atoms in total. The van der Waals surface area contributed by atoms with Gasteiger partial charge in [0.15, 0.2) is 5.96 Å². The van der Waals surface area contributed by atoms with Gasteiger partial charge >= 0.3 is 0 Å². The lowest BCUT2D eigenvalue weighted by Crippen LogP contribution is -2.22. The Morgan fingerprint density at radius 2 is 2.00 bits per heavy atom. The van der Waals surface area contributed by atoms with Crippen molar-refractivity contribution in [3.63, 3.8) is 0 Å². The Balaban J connectivity index is 0.00000280. The van der Waals surface area contributed by atoms with Crippen LogP contribution in [0.2, 0.25) is 0 Å². The van der Waals surface area contributed by atoms with Crippen LogP contribution >= 0.6 is 24.0 Å². The molecule has 0 amide bonds. The van der Waals surface area contributed by atoms with Crippen LogP contribution in [-0.4, -0.2) is 25.8 Å². The highest BCUT2D eigenvalue weighted by atomic mass is 127. The van der Waals surface area contributed by atoms with Crippen LogP contribution in [-0.2, 0) is 11.3 Å². The van der Waals surface area contributed by atoms with Crippen molar-refractivity contribution in [2.45, 2.75) is 33.7 Å². The van der Waals surface area contributed by atoms with Crippen molar-refractivity contribution in [2.24, 2.45) is 16.6 Å². The molecule has 1 atom stereocenters. The number of aliphatic imine (C=N–C) groups is 1. The Labute approximate surface area is 184 Å². The van der Waals surface area contributed by atoms with Gasteiger partial charge in [0.2, 0.25) is 0 Å². The van der Waals surface area contributed by atoms with Crippen molar-refractivity contribution in [2.75, 3.05) is 25.1 Å². The van der Waals surface area contributed by atoms with Gasteiger partial charge in [-0.1, -0.05) is 18.2 Å². The third kappa shape index (κ3) is 6.38. The molecule has 3 rings (SSSR count). The van der Waals surface area contributed by atoms with E-state index in [1.54, 1.807) is 0 Å². The van der Waals surface area contributed by atoms with Crippen LogP contribution in [0.25, 0.3) is 0 Å². The van der Waals surface area contributed by atoms with Crippen molar-refractivity contribution in [3.8, 4) is 5.75 Å². The molecule has 0 radical (unpaired) electrons. The van der Waals surface area contributed by atoms with E-state index in [-0.39, 0.29) is 24.0 Å². The van der Waals surface area contributed by atoms with Crippen molar-refractivity contribution < 1.29 is 9.47 Å². The van der Waals surface area contributed by atoms with Crippen molar-refractivity contribution in [1.29, 1.82) is 0 Å². The number of anilines is 1. The molecule has 0 aromatic heterocycles. The summed E-state index contributed by atoms with van der Waals surface area (Å²) in [6.07, 6.45) is 1.06. The minimum Gasteiger partial charge on any atom is -0.493 e. The van der Waals surface area contributed by atoms with E-state index < -0.39 is 0 Å². The molecule has 1 aliphatic rings. The number of hydrogen-bond donors (Lipinski definition) is 2. The van der Waals surface area contributed by atoms with Crippen LogP contribution in [0, 0.1) is 26.7 Å². The van der Waals surface area contributed by atoms with E-state index in [1.165, 1.54) is 16.7 Å². The third-order valence-electron chi connectivity index (χ3n) is 4.92. The lowest BCUT2D eigenvalue weighted by molar-refractivity contribution is 0.166. The van der Waals surface area contributed by atoms with Crippen LogP contribution in [0.3, 0.4) is 0 Å². The molecular formula is C22H30IN3O2. The van der Waals surface area contributed by atoms with E-state index in [0.29, 0.717) is 25.0 Å². The smallest absolute Gasteiger partial charge is 0.193 e. The number of nitrogens with zero attached hydrogens (tertiary/aromatic N) is 1. The lowest BCUT2D eigenvalue weighted by Gasteiger charge is -2.14. The average Bonchev–Trinajstić information content (AvgIpc) is 3.16. The third-order valence-corrected chi connectivity index (χ3v) is 4.92. The topological polar surface area (TPSA) is 68.9 Å². The molecule has 6 heteroatoms. The number of guanidine groups is 1. The molecule has 0 bridgehead atoms. The lowest BCUT2D eigenvalue weighted by atomic mass is 10.1. The minimum absolute atomic E-state index is 0. The Kier molecular flexibility index (Phi) is 8.57. The van der Waals surface area contributed by atoms with Gasteiger partial charge in [-0.15, -0.1) is 24.0 Å². The Hall–Kier alpha value is -1.80. The summed E-state index contributed by atoms with van der Waals surface area (Å²) in [5.74, 6) is 1.75. The molecule has 28 heavy (non-hydrogen) atoms. The van der Waals surface area contributed by atoms with Crippen molar-refractivity contribution in [3.05, 3.63) is 58.7 Å². The number of nitrogens with one attached hydrogen (secondary N) is 1. The van der Waals surface area contributed by atoms with E-state index in [9.17, 15) is 0 Å². The minimum atomic E-state index is 0. The SMILES string of the molecule is Cc1ccc(CN=C(N)Nc2ccc(C)c(C)c2)c(OCC2CCOC2)c1.I. The summed E-state index contributed by atoms with van der Waals surface area (Å²) in [7, 11) is 0. The summed E-state index contributed by atoms with van der Waals surface area (Å²) in [6.45, 7) is 9.00. The average molecular weight is 495 g/mol. The van der Waals surface area contributed by atoms with E-state index in [2.05, 4.69) is 61.4 Å². The summed E-state index contributed by atoms with van der Waals surface area (Å²) < 4.78 is 11.5. The van der Waals surface area contributed by atoms with Gasteiger partial charge in [-0.3, -0.25) is 0 Å². The quantitative estimate of drug-likeness (QED) is 0.350. The van der Waals surface area contributed by atoms with Gasteiger partial charge in [0.25, 0.3) is 0 Å². The molecule has 1 fully saturated rings. The molecule has 2 aromatic carbocycles. The van der Waals surface area contributed by atoms with Crippen LogP contribution < -0.4 is 15.8 Å². The number of halogens is 1. The monoisotopic (exact) mass is 495 g/mol. The first-order valence-electron chi connectivity index (χ1n) is 9.45. The zero-order chi connectivity index (χ0) is 19.2. The molecule has 1 unspecified atom stereocenters. The fraction of sp³-hybridized carbons (Fsp3) is 0.409. The molecule has 0 saturated carbocycles. The van der Waals surface area contributed by atoms with Gasteiger partial charge in [-0.25, -0.2) is 4.99 Å². The second-order valence-electron chi connectivity index (χ2n) is 7.28. The number of hydrogen-bond acceptors (Lipinski definition) is 3. The standard InChI is InChI=1S/C22H29N3O2.HI/c1-15-4-6-19(21(10-15)27-14-18-8-9-26-13-18)12-24-22(23)25-20-7-5-16(2)17(3)11-20;/h4-7,10-11,18H,8-9,12-14H2,1-3H3,(H3,23,24,25);1H. The number of ether oxygens (including phenoxy) is 2. The van der Waals surface area contributed by atoms with E-state index in [1.807, 2.05) is 6.07 Å². The van der Waals surface area contributed by atoms with Gasteiger partial charge in [0.05, 0.1) is 19.8 Å². The molecule has 1 saturated heterocycles. The second kappa shape index (κ2) is 10.7. The molecule has 0 spiro atoms. The summed E-state index contributed by atoms with van der Waals surface area (Å²) in [5.41, 5.74) is 11.7. The molecule has 3 N–H and O–H groups in total. The fourth-order valence-corrected chi connectivity index (χ4v) is 3.03. The first-order valence-corrected chi connectivity index (χ1v) is 9.45. The zero-order valence-electron chi connectivity index (χ0n) is 16.8. The summed E-state index contributed by atoms with van der Waals surface area (Å²) in [4.78, 5) is 4.49. The number of rotatable bonds is 6. The highest BCUT2D eigenvalue weighted by Gasteiger charge is 2.17. The fourth-order valence-electron chi connectivity index (χ4n) is 3.03. The van der Waals surface area contributed by atoms with Crippen LogP contribution in [0.1, 0.15) is 28.7 Å². The van der Waals surface area contributed by atoms with Crippen LogP contribution in [0.5, 0.6) is 5.75 Å². The largest absolute Gasteiger partial charge is 0.493 e. The van der Waals surface area contributed by atoms with Gasteiger partial charge < -0.3 is 20.5 Å². The highest BCUT2D eigenvalue weighted by Crippen LogP contribution is 2.23. The van der Waals surface area contributed by atoms with E-state index in [0.717, 1.165) is 36.6 Å². The maximum Gasteiger partial charge on any atom is 0.193 e. The van der Waals surface area contributed by atoms with E-state index >= 15 is 0 Å². The maximum atomic E-state index is 6.08. The summed E-state index contributed by atoms with van der Waals surface area (Å²) in [5, 5.41) is 3.16. The normalized spacial score (nSPS) is 16.5. The van der Waals surface area contributed by atoms with Crippen molar-refractivity contribution in [1.82, 2.24) is 0 Å². The zero-order valence-corrected chi connectivity index (χ0v) is 19.2. The maximum absolute atomic E-state index is 6.08. The van der Waals surface area contributed by atoms with Gasteiger partial charge in [0.1, 0.15) is 5.75 Å². The Morgan fingerprint density at radius 3 is 2.71 bits per heavy atom. The molecule has 2 aromatic rings. The predicted octanol–water partition coefficient (Wildman–Crippen LogP) is 4.57. The van der Waals surface area contributed by atoms with Gasteiger partial charge in [0, 0.05) is 23.8 Å². The number of nitrogens with two attached hydrogens (primary N) is 1. The summed E-state index contributed by atoms with van der Waals surface area (Å²) >= 11 is 0. The molecule has 0 aliphatic carbocycles. The number of aryl methyl sites for hydroxylation is 3. The molecule has 152 valence electrons. The van der Waals surface area contributed by atoms with Gasteiger partial charge in [-0.2, -0.15) is 0 Å². The van der Waals surface area contributed by atoms with Crippen LogP contribution in [0.4, 0.5) is 5.69 Å². The van der Waals surface area contributed by atoms with Gasteiger partial charge in [-0.05, 0) is 62.1 Å². The summed E-state index contributed by atoms with van der Waals surface area (Å²) in [6, 6.07) is 12.3. The number of benzene rings is 2. The van der Waals surface area contributed by atoms with Crippen LogP contribution in [0.15, 0.2) is 41.4 Å². The highest BCUT2D eigenvalue weighted by molar-refractivity contribution is 14.0. The molecule has 1 aliphatic heterocycles. The second-order valence-corrected chi connectivity index (χ2v) is 7.28. The Bertz CT molecular complexity index is 817. The van der Waals surface area contributed by atoms with E-state index in [4.69, 9.17) is 15.2 Å². The molecule has 1 heterocycles. The molecular weight excluding hydrogens is 465 g/mol.